The number of esters is 1. The molecule has 0 aliphatic rings. The summed E-state index contributed by atoms with van der Waals surface area (Å²) in [6.45, 7) is 5.54. The Kier molecular flexibility index (Phi) is 4.69. The Labute approximate surface area is 111 Å². The number of hydrogen-bond donors (Lipinski definition) is 0. The minimum Gasteiger partial charge on any atom is -0.466 e. The third-order valence-electron chi connectivity index (χ3n) is 3.27. The quantitative estimate of drug-likeness (QED) is 0.743. The minimum absolute atomic E-state index is 0.127. The molecule has 1 aromatic heterocycles. The Morgan fingerprint density at radius 3 is 2.37 bits per heavy atom. The number of hydrogen-bond acceptors (Lipinski definition) is 4. The second-order valence-corrected chi connectivity index (χ2v) is 4.62. The molecule has 0 fully saturated rings. The molecule has 0 aromatic carbocycles. The number of ether oxygens (including phenoxy) is 1. The molecule has 0 aliphatic carbocycles. The molecule has 1 aromatic rings. The van der Waals surface area contributed by atoms with Crippen LogP contribution in [0.5, 0.6) is 0 Å². The molecule has 1 unspecified atom stereocenters. The lowest BCUT2D eigenvalue weighted by Gasteiger charge is -2.16. The Bertz CT molecular complexity index is 598. The Balaban J connectivity index is 3.25. The van der Waals surface area contributed by atoms with E-state index in [9.17, 15) is 14.4 Å². The van der Waals surface area contributed by atoms with Gasteiger partial charge in [0, 0.05) is 25.4 Å². The maximum Gasteiger partial charge on any atom is 0.330 e. The van der Waals surface area contributed by atoms with E-state index in [2.05, 4.69) is 0 Å². The summed E-state index contributed by atoms with van der Waals surface area (Å²) in [5, 5.41) is 0. The van der Waals surface area contributed by atoms with Crippen molar-refractivity contribution >= 4 is 5.97 Å². The minimum atomic E-state index is -0.366. The van der Waals surface area contributed by atoms with Crippen LogP contribution in [0, 0.1) is 6.92 Å². The molecule has 0 radical (unpaired) electrons. The lowest BCUT2D eigenvalue weighted by molar-refractivity contribution is -0.143. The summed E-state index contributed by atoms with van der Waals surface area (Å²) in [6.07, 6.45) is 0.127. The van der Waals surface area contributed by atoms with E-state index in [1.807, 2.05) is 0 Å². The zero-order valence-corrected chi connectivity index (χ0v) is 12.0. The lowest BCUT2D eigenvalue weighted by Crippen LogP contribution is -2.41. The molecule has 0 aliphatic heterocycles. The van der Waals surface area contributed by atoms with Gasteiger partial charge in [0.05, 0.1) is 13.0 Å². The molecule has 0 amide bonds. The molecule has 0 saturated carbocycles. The monoisotopic (exact) mass is 268 g/mol. The van der Waals surface area contributed by atoms with Crippen LogP contribution >= 0.6 is 0 Å². The van der Waals surface area contributed by atoms with Crippen molar-refractivity contribution in [3.8, 4) is 0 Å². The van der Waals surface area contributed by atoms with Crippen LogP contribution in [0.15, 0.2) is 9.59 Å². The van der Waals surface area contributed by atoms with Gasteiger partial charge in [-0.2, -0.15) is 0 Å². The number of aromatic nitrogens is 2. The normalized spacial score (nSPS) is 12.3. The van der Waals surface area contributed by atoms with E-state index >= 15 is 0 Å². The summed E-state index contributed by atoms with van der Waals surface area (Å²) in [5.74, 6) is -0.630. The molecule has 0 spiro atoms. The molecule has 0 bridgehead atoms. The van der Waals surface area contributed by atoms with Crippen molar-refractivity contribution in [1.29, 1.82) is 0 Å². The zero-order valence-electron chi connectivity index (χ0n) is 12.0. The van der Waals surface area contributed by atoms with Crippen LogP contribution in [0.25, 0.3) is 0 Å². The fourth-order valence-corrected chi connectivity index (χ4v) is 2.11. The third-order valence-corrected chi connectivity index (χ3v) is 3.27. The Hall–Kier alpha value is -1.85. The first-order valence-corrected chi connectivity index (χ1v) is 6.23. The molecule has 6 heteroatoms. The van der Waals surface area contributed by atoms with Gasteiger partial charge < -0.3 is 9.30 Å². The SMILES string of the molecule is CCOC(=O)CC(C)c1c(C)n(C)c(=O)n(C)c1=O. The smallest absolute Gasteiger partial charge is 0.330 e. The molecule has 1 atom stereocenters. The van der Waals surface area contributed by atoms with Crippen molar-refractivity contribution in [2.24, 2.45) is 14.1 Å². The number of carbonyl (C=O) groups excluding carboxylic acids is 1. The third kappa shape index (κ3) is 2.94. The van der Waals surface area contributed by atoms with Gasteiger partial charge in [0.2, 0.25) is 0 Å². The predicted molar refractivity (Wildman–Crippen MR) is 71.3 cm³/mol. The van der Waals surface area contributed by atoms with Crippen molar-refractivity contribution in [3.05, 3.63) is 32.1 Å². The van der Waals surface area contributed by atoms with Crippen LogP contribution in [-0.2, 0) is 23.6 Å². The Morgan fingerprint density at radius 2 is 1.84 bits per heavy atom. The van der Waals surface area contributed by atoms with Gasteiger partial charge in [0.15, 0.2) is 0 Å². The van der Waals surface area contributed by atoms with Gasteiger partial charge in [-0.25, -0.2) is 4.79 Å². The highest BCUT2D eigenvalue weighted by atomic mass is 16.5. The molecular formula is C13H20N2O4. The second kappa shape index (κ2) is 5.86. The van der Waals surface area contributed by atoms with Crippen LogP contribution < -0.4 is 11.2 Å². The van der Waals surface area contributed by atoms with Gasteiger partial charge in [-0.3, -0.25) is 14.2 Å². The van der Waals surface area contributed by atoms with Crippen LogP contribution in [0.3, 0.4) is 0 Å². The van der Waals surface area contributed by atoms with Crippen molar-refractivity contribution < 1.29 is 9.53 Å². The number of carbonyl (C=O) groups is 1. The van der Waals surface area contributed by atoms with Crippen LogP contribution in [-0.4, -0.2) is 21.7 Å². The average molecular weight is 268 g/mol. The van der Waals surface area contributed by atoms with Crippen LogP contribution in [0.4, 0.5) is 0 Å². The molecule has 106 valence electrons. The highest BCUT2D eigenvalue weighted by Gasteiger charge is 2.20. The molecule has 1 heterocycles. The fraction of sp³-hybridized carbons (Fsp3) is 0.615. The molecule has 0 saturated heterocycles. The second-order valence-electron chi connectivity index (χ2n) is 4.62. The molecule has 19 heavy (non-hydrogen) atoms. The highest BCUT2D eigenvalue weighted by molar-refractivity contribution is 5.70. The molecule has 6 nitrogen and oxygen atoms in total. The van der Waals surface area contributed by atoms with E-state index in [4.69, 9.17) is 4.74 Å². The van der Waals surface area contributed by atoms with Crippen LogP contribution in [0.2, 0.25) is 0 Å². The zero-order chi connectivity index (χ0) is 14.7. The predicted octanol–water partition coefficient (Wildman–Crippen LogP) is 0.449. The molecular weight excluding hydrogens is 248 g/mol. The van der Waals surface area contributed by atoms with Crippen molar-refractivity contribution in [2.75, 3.05) is 6.61 Å². The van der Waals surface area contributed by atoms with Gasteiger partial charge >= 0.3 is 11.7 Å². The first kappa shape index (κ1) is 15.2. The van der Waals surface area contributed by atoms with Gasteiger partial charge in [0.1, 0.15) is 0 Å². The van der Waals surface area contributed by atoms with E-state index in [0.717, 1.165) is 4.57 Å². The van der Waals surface area contributed by atoms with Crippen molar-refractivity contribution in [3.63, 3.8) is 0 Å². The van der Waals surface area contributed by atoms with Crippen molar-refractivity contribution in [2.45, 2.75) is 33.1 Å². The molecule has 1 rings (SSSR count). The largest absolute Gasteiger partial charge is 0.466 e. The van der Waals surface area contributed by atoms with E-state index in [-0.39, 0.29) is 29.6 Å². The first-order chi connectivity index (χ1) is 8.81. The standard InChI is InChI=1S/C13H20N2O4/c1-6-19-10(16)7-8(2)11-9(3)14(4)13(18)15(5)12(11)17/h8H,6-7H2,1-5H3. The summed E-state index contributed by atoms with van der Waals surface area (Å²) in [5.41, 5.74) is 0.356. The first-order valence-electron chi connectivity index (χ1n) is 6.23. The summed E-state index contributed by atoms with van der Waals surface area (Å²) in [6, 6.07) is 0. The van der Waals surface area contributed by atoms with Gasteiger partial charge in [0.25, 0.3) is 5.56 Å². The van der Waals surface area contributed by atoms with Crippen LogP contribution in [0.1, 0.15) is 37.4 Å². The van der Waals surface area contributed by atoms with E-state index < -0.39 is 0 Å². The highest BCUT2D eigenvalue weighted by Crippen LogP contribution is 2.18. The van der Waals surface area contributed by atoms with Crippen molar-refractivity contribution in [1.82, 2.24) is 9.13 Å². The summed E-state index contributed by atoms with van der Waals surface area (Å²) in [4.78, 5) is 35.4. The number of nitrogens with zero attached hydrogens (tertiary/aromatic N) is 2. The fourth-order valence-electron chi connectivity index (χ4n) is 2.11. The maximum atomic E-state index is 12.1. The topological polar surface area (TPSA) is 70.3 Å². The van der Waals surface area contributed by atoms with E-state index in [1.165, 1.54) is 11.6 Å². The summed E-state index contributed by atoms with van der Waals surface area (Å²) < 4.78 is 7.36. The lowest BCUT2D eigenvalue weighted by atomic mass is 9.97. The Morgan fingerprint density at radius 1 is 1.26 bits per heavy atom. The average Bonchev–Trinajstić information content (AvgIpc) is 2.34. The van der Waals surface area contributed by atoms with Gasteiger partial charge in [-0.15, -0.1) is 0 Å². The van der Waals surface area contributed by atoms with E-state index in [1.54, 1.807) is 27.8 Å². The van der Waals surface area contributed by atoms with E-state index in [0.29, 0.717) is 17.9 Å². The number of rotatable bonds is 4. The maximum absolute atomic E-state index is 12.1. The van der Waals surface area contributed by atoms with Gasteiger partial charge in [-0.05, 0) is 19.8 Å². The summed E-state index contributed by atoms with van der Waals surface area (Å²) >= 11 is 0. The summed E-state index contributed by atoms with van der Waals surface area (Å²) in [7, 11) is 3.04. The van der Waals surface area contributed by atoms with Gasteiger partial charge in [-0.1, -0.05) is 6.92 Å². The molecule has 0 N–H and O–H groups in total.